The van der Waals surface area contributed by atoms with E-state index in [1.165, 1.54) is 12.4 Å². The second kappa shape index (κ2) is 7.29. The Kier molecular flexibility index (Phi) is 6.02. The van der Waals surface area contributed by atoms with Gasteiger partial charge in [-0.3, -0.25) is 15.5 Å². The molecule has 0 aliphatic rings. The summed E-state index contributed by atoms with van der Waals surface area (Å²) in [5.74, 6) is -3.99. The third-order valence-corrected chi connectivity index (χ3v) is 3.03. The highest BCUT2D eigenvalue weighted by atomic mass is 127. The van der Waals surface area contributed by atoms with Gasteiger partial charge in [0.25, 0.3) is 0 Å². The molecule has 108 valence electrons. The minimum Gasteiger partial charge on any atom is -0.462 e. The number of benzene rings is 1. The molecule has 0 spiro atoms. The molecule has 20 heavy (non-hydrogen) atoms. The molecule has 1 aromatic rings. The first-order chi connectivity index (χ1) is 9.42. The Balaban J connectivity index is 3.23. The number of esters is 1. The maximum Gasteiger partial charge on any atom is 0.343 e. The van der Waals surface area contributed by atoms with Gasteiger partial charge in [-0.2, -0.15) is 0 Å². The van der Waals surface area contributed by atoms with Crippen molar-refractivity contribution in [2.24, 2.45) is 0 Å². The van der Waals surface area contributed by atoms with Crippen LogP contribution in [0.25, 0.3) is 0 Å². The molecule has 1 aromatic carbocycles. The van der Waals surface area contributed by atoms with E-state index < -0.39 is 34.5 Å². The average Bonchev–Trinajstić information content (AvgIpc) is 2.39. The third-order valence-electron chi connectivity index (χ3n) is 2.20. The van der Waals surface area contributed by atoms with Crippen LogP contribution in [0.15, 0.2) is 23.9 Å². The molecule has 0 heterocycles. The molecule has 0 aliphatic carbocycles. The van der Waals surface area contributed by atoms with Gasteiger partial charge in [0.2, 0.25) is 5.78 Å². The molecular weight excluding hydrogens is 387 g/mol. The highest BCUT2D eigenvalue weighted by Gasteiger charge is 2.25. The van der Waals surface area contributed by atoms with E-state index in [1.54, 1.807) is 22.6 Å². The Labute approximate surface area is 126 Å². The van der Waals surface area contributed by atoms with Crippen molar-refractivity contribution in [1.82, 2.24) is 5.48 Å². The van der Waals surface area contributed by atoms with E-state index in [2.05, 4.69) is 4.74 Å². The van der Waals surface area contributed by atoms with Gasteiger partial charge in [-0.15, -0.1) is 0 Å². The Morgan fingerprint density at radius 2 is 2.05 bits per heavy atom. The molecule has 0 aromatic heterocycles. The van der Waals surface area contributed by atoms with Crippen molar-refractivity contribution >= 4 is 34.3 Å². The van der Waals surface area contributed by atoms with Crippen molar-refractivity contribution in [2.75, 3.05) is 6.61 Å². The van der Waals surface area contributed by atoms with Crippen molar-refractivity contribution in [3.8, 4) is 0 Å². The summed E-state index contributed by atoms with van der Waals surface area (Å²) in [6, 6.07) is 1.52. The summed E-state index contributed by atoms with van der Waals surface area (Å²) < 4.78 is 31.4. The monoisotopic (exact) mass is 397 g/mol. The Morgan fingerprint density at radius 1 is 1.40 bits per heavy atom. The molecule has 0 saturated carbocycles. The lowest BCUT2D eigenvalue weighted by atomic mass is 10.0. The molecular formula is C12H10F2INO4. The van der Waals surface area contributed by atoms with E-state index in [-0.39, 0.29) is 10.2 Å². The normalized spacial score (nSPS) is 11.2. The predicted octanol–water partition coefficient (Wildman–Crippen LogP) is 2.18. The van der Waals surface area contributed by atoms with E-state index in [4.69, 9.17) is 5.21 Å². The largest absolute Gasteiger partial charge is 0.462 e. The first-order valence-corrected chi connectivity index (χ1v) is 6.46. The van der Waals surface area contributed by atoms with E-state index in [0.29, 0.717) is 12.3 Å². The number of carbonyl (C=O) groups is 2. The lowest BCUT2D eigenvalue weighted by Crippen LogP contribution is -2.20. The molecule has 0 bridgehead atoms. The van der Waals surface area contributed by atoms with Gasteiger partial charge in [0, 0.05) is 15.8 Å². The van der Waals surface area contributed by atoms with Crippen LogP contribution >= 0.6 is 22.6 Å². The molecule has 0 unspecified atom stereocenters. The second-order valence-corrected chi connectivity index (χ2v) is 4.65. The van der Waals surface area contributed by atoms with Gasteiger partial charge in [-0.25, -0.2) is 13.6 Å². The maximum absolute atomic E-state index is 13.6. The number of nitrogens with one attached hydrogen (secondary N) is 1. The molecule has 1 rings (SSSR count). The van der Waals surface area contributed by atoms with Crippen LogP contribution in [0.4, 0.5) is 8.78 Å². The zero-order valence-electron chi connectivity index (χ0n) is 10.2. The van der Waals surface area contributed by atoms with Crippen LogP contribution in [0.1, 0.15) is 17.3 Å². The van der Waals surface area contributed by atoms with Crippen molar-refractivity contribution in [3.05, 3.63) is 44.7 Å². The van der Waals surface area contributed by atoms with Gasteiger partial charge in [0.15, 0.2) is 0 Å². The highest BCUT2D eigenvalue weighted by Crippen LogP contribution is 2.20. The summed E-state index contributed by atoms with van der Waals surface area (Å²) in [5, 5.41) is 8.58. The minimum atomic E-state index is -1.11. The van der Waals surface area contributed by atoms with E-state index in [1.807, 2.05) is 0 Å². The Bertz CT molecular complexity index is 575. The standard InChI is InChI=1S/C12H10F2INO4/c1-2-20-12(18)7(5-16-19)11(17)6-3-10(15)9(14)4-8(6)13/h3-5,16,19H,2H2,1H3/b7-5-. The quantitative estimate of drug-likeness (QED) is 0.117. The number of ketones is 1. The molecule has 0 aliphatic heterocycles. The lowest BCUT2D eigenvalue weighted by molar-refractivity contribution is -0.138. The summed E-state index contributed by atoms with van der Waals surface area (Å²) in [6.07, 6.45) is 0.677. The number of hydrogen-bond donors (Lipinski definition) is 2. The lowest BCUT2D eigenvalue weighted by Gasteiger charge is -2.08. The molecule has 0 fully saturated rings. The van der Waals surface area contributed by atoms with Crippen LogP contribution in [0.5, 0.6) is 0 Å². The van der Waals surface area contributed by atoms with Crippen LogP contribution in [0, 0.1) is 15.2 Å². The third kappa shape index (κ3) is 3.73. The minimum absolute atomic E-state index is 0.00167. The Hall–Kier alpha value is -1.55. The summed E-state index contributed by atoms with van der Waals surface area (Å²) in [4.78, 5) is 23.6. The van der Waals surface area contributed by atoms with Gasteiger partial charge >= 0.3 is 5.97 Å². The number of carbonyl (C=O) groups excluding carboxylic acids is 2. The first-order valence-electron chi connectivity index (χ1n) is 5.38. The fraction of sp³-hybridized carbons (Fsp3) is 0.167. The number of hydroxylamine groups is 1. The molecule has 0 saturated heterocycles. The topological polar surface area (TPSA) is 75.6 Å². The molecule has 5 nitrogen and oxygen atoms in total. The smallest absolute Gasteiger partial charge is 0.343 e. The van der Waals surface area contributed by atoms with E-state index in [0.717, 1.165) is 6.07 Å². The molecule has 0 amide bonds. The van der Waals surface area contributed by atoms with Crippen molar-refractivity contribution in [1.29, 1.82) is 0 Å². The summed E-state index contributed by atoms with van der Waals surface area (Å²) in [5.41, 5.74) is 0.425. The zero-order chi connectivity index (χ0) is 15.3. The number of rotatable bonds is 5. The second-order valence-electron chi connectivity index (χ2n) is 3.48. The summed E-state index contributed by atoms with van der Waals surface area (Å²) >= 11 is 1.58. The number of ether oxygens (including phenoxy) is 1. The van der Waals surface area contributed by atoms with Gasteiger partial charge < -0.3 is 4.74 Å². The van der Waals surface area contributed by atoms with Crippen LogP contribution in [-0.4, -0.2) is 23.6 Å². The van der Waals surface area contributed by atoms with Crippen LogP contribution < -0.4 is 5.48 Å². The van der Waals surface area contributed by atoms with Crippen molar-refractivity contribution < 1.29 is 28.3 Å². The zero-order valence-corrected chi connectivity index (χ0v) is 12.4. The maximum atomic E-state index is 13.6. The number of hydrogen-bond acceptors (Lipinski definition) is 5. The number of Topliss-reactive ketones (excluding diaryl/α,β-unsaturated/α-hetero) is 1. The Morgan fingerprint density at radius 3 is 2.60 bits per heavy atom. The summed E-state index contributed by atoms with van der Waals surface area (Å²) in [7, 11) is 0. The van der Waals surface area contributed by atoms with Crippen molar-refractivity contribution in [2.45, 2.75) is 6.92 Å². The van der Waals surface area contributed by atoms with Gasteiger partial charge in [0.1, 0.15) is 17.2 Å². The molecule has 8 heteroatoms. The highest BCUT2D eigenvalue weighted by molar-refractivity contribution is 14.1. The molecule has 0 radical (unpaired) electrons. The fourth-order valence-corrected chi connectivity index (χ4v) is 1.80. The molecule has 0 atom stereocenters. The number of halogens is 3. The predicted molar refractivity (Wildman–Crippen MR) is 73.0 cm³/mol. The van der Waals surface area contributed by atoms with Crippen LogP contribution in [0.3, 0.4) is 0 Å². The fourth-order valence-electron chi connectivity index (χ4n) is 1.33. The first kappa shape index (κ1) is 16.5. The van der Waals surface area contributed by atoms with E-state index >= 15 is 0 Å². The van der Waals surface area contributed by atoms with Gasteiger partial charge in [-0.05, 0) is 35.6 Å². The van der Waals surface area contributed by atoms with Crippen LogP contribution in [-0.2, 0) is 9.53 Å². The van der Waals surface area contributed by atoms with Crippen molar-refractivity contribution in [3.63, 3.8) is 0 Å². The molecule has 2 N–H and O–H groups in total. The van der Waals surface area contributed by atoms with Crippen LogP contribution in [0.2, 0.25) is 0 Å². The SMILES string of the molecule is CCOC(=O)/C(=C\NO)C(=O)c1cc(I)c(F)cc1F. The average molecular weight is 397 g/mol. The van der Waals surface area contributed by atoms with Gasteiger partial charge in [0.05, 0.1) is 12.2 Å². The van der Waals surface area contributed by atoms with E-state index in [9.17, 15) is 18.4 Å². The van der Waals surface area contributed by atoms with Gasteiger partial charge in [-0.1, -0.05) is 0 Å². The summed E-state index contributed by atoms with van der Waals surface area (Å²) in [6.45, 7) is 1.52.